The van der Waals surface area contributed by atoms with Crippen LogP contribution in [0.3, 0.4) is 0 Å². The van der Waals surface area contributed by atoms with E-state index < -0.39 is 23.5 Å². The molecule has 0 aliphatic carbocycles. The van der Waals surface area contributed by atoms with Gasteiger partial charge in [-0.25, -0.2) is 13.2 Å². The summed E-state index contributed by atoms with van der Waals surface area (Å²) in [5.74, 6) is -3.84. The van der Waals surface area contributed by atoms with Crippen molar-refractivity contribution < 1.29 is 13.2 Å². The Kier molecular flexibility index (Phi) is 3.84. The number of aryl methyl sites for hydroxylation is 1. The van der Waals surface area contributed by atoms with Gasteiger partial charge in [0.2, 0.25) is 0 Å². The van der Waals surface area contributed by atoms with Crippen molar-refractivity contribution in [2.75, 3.05) is 7.05 Å². The van der Waals surface area contributed by atoms with Crippen molar-refractivity contribution >= 4 is 0 Å². The van der Waals surface area contributed by atoms with Crippen molar-refractivity contribution in [3.8, 4) is 0 Å². The summed E-state index contributed by atoms with van der Waals surface area (Å²) in [6.45, 7) is 0. The average Bonchev–Trinajstić information content (AvgIpc) is 2.80. The average molecular weight is 270 g/mol. The predicted molar refractivity (Wildman–Crippen MR) is 62.8 cm³/mol. The second-order valence-electron chi connectivity index (χ2n) is 4.19. The van der Waals surface area contributed by atoms with Crippen LogP contribution in [-0.4, -0.2) is 22.0 Å². The molecule has 1 aromatic heterocycles. The Balaban J connectivity index is 2.29. The summed E-state index contributed by atoms with van der Waals surface area (Å²) in [7, 11) is 3.32. The van der Waals surface area contributed by atoms with Crippen molar-refractivity contribution in [1.82, 2.24) is 20.3 Å². The van der Waals surface area contributed by atoms with Crippen molar-refractivity contribution in [2.45, 2.75) is 12.5 Å². The normalized spacial score (nSPS) is 12.7. The molecule has 0 spiro atoms. The lowest BCUT2D eigenvalue weighted by molar-refractivity contribution is 0.428. The molecule has 0 aliphatic heterocycles. The molecule has 0 amide bonds. The topological polar surface area (TPSA) is 42.7 Å². The molecule has 1 unspecified atom stereocenters. The highest BCUT2D eigenvalue weighted by atomic mass is 19.2. The second-order valence-corrected chi connectivity index (χ2v) is 4.19. The van der Waals surface area contributed by atoms with E-state index in [1.165, 1.54) is 10.7 Å². The molecular weight excluding hydrogens is 257 g/mol. The standard InChI is InChI=1S/C12H13F3N4/c1-16-10(5-7-6-19(2)18-17-7)8-3-4-9(13)12(15)11(8)14/h3-4,6,10,16H,5H2,1-2H3. The molecule has 1 N–H and O–H groups in total. The molecule has 0 radical (unpaired) electrons. The smallest absolute Gasteiger partial charge is 0.194 e. The first kappa shape index (κ1) is 13.5. The number of nitrogens with zero attached hydrogens (tertiary/aromatic N) is 3. The third-order valence-electron chi connectivity index (χ3n) is 2.85. The molecule has 1 aromatic carbocycles. The molecule has 0 saturated carbocycles. The van der Waals surface area contributed by atoms with Crippen LogP contribution in [-0.2, 0) is 13.5 Å². The fourth-order valence-electron chi connectivity index (χ4n) is 1.88. The maximum absolute atomic E-state index is 13.7. The van der Waals surface area contributed by atoms with Gasteiger partial charge in [0.25, 0.3) is 0 Å². The van der Waals surface area contributed by atoms with Crippen molar-refractivity contribution in [2.24, 2.45) is 7.05 Å². The van der Waals surface area contributed by atoms with E-state index in [4.69, 9.17) is 0 Å². The van der Waals surface area contributed by atoms with Gasteiger partial charge >= 0.3 is 0 Å². The van der Waals surface area contributed by atoms with Gasteiger partial charge < -0.3 is 5.32 Å². The van der Waals surface area contributed by atoms with Gasteiger partial charge in [0.1, 0.15) is 0 Å². The van der Waals surface area contributed by atoms with Crippen LogP contribution in [0.5, 0.6) is 0 Å². The van der Waals surface area contributed by atoms with E-state index >= 15 is 0 Å². The fraction of sp³-hybridized carbons (Fsp3) is 0.333. The van der Waals surface area contributed by atoms with E-state index in [0.717, 1.165) is 6.07 Å². The summed E-state index contributed by atoms with van der Waals surface area (Å²) in [6, 6.07) is 1.63. The first-order chi connectivity index (χ1) is 9.02. The number of benzene rings is 1. The molecule has 1 atom stereocenters. The van der Waals surface area contributed by atoms with E-state index in [0.29, 0.717) is 12.1 Å². The zero-order chi connectivity index (χ0) is 14.0. The zero-order valence-electron chi connectivity index (χ0n) is 10.5. The third-order valence-corrected chi connectivity index (χ3v) is 2.85. The predicted octanol–water partition coefficient (Wildman–Crippen LogP) is 1.74. The van der Waals surface area contributed by atoms with Gasteiger partial charge in [0, 0.05) is 31.3 Å². The lowest BCUT2D eigenvalue weighted by Gasteiger charge is -2.16. The maximum atomic E-state index is 13.7. The van der Waals surface area contributed by atoms with E-state index in [9.17, 15) is 13.2 Å². The van der Waals surface area contributed by atoms with E-state index in [1.54, 1.807) is 20.3 Å². The van der Waals surface area contributed by atoms with Gasteiger partial charge in [-0.3, -0.25) is 4.68 Å². The summed E-state index contributed by atoms with van der Waals surface area (Å²) in [4.78, 5) is 0. The Hall–Kier alpha value is -1.89. The minimum absolute atomic E-state index is 0.0621. The van der Waals surface area contributed by atoms with E-state index in [1.807, 2.05) is 0 Å². The first-order valence-corrected chi connectivity index (χ1v) is 5.68. The fourth-order valence-corrected chi connectivity index (χ4v) is 1.88. The number of rotatable bonds is 4. The molecule has 4 nitrogen and oxygen atoms in total. The van der Waals surface area contributed by atoms with E-state index in [2.05, 4.69) is 15.6 Å². The Morgan fingerprint density at radius 2 is 2.00 bits per heavy atom. The molecule has 7 heteroatoms. The summed E-state index contributed by atoms with van der Waals surface area (Å²) in [5, 5.41) is 10.5. The SMILES string of the molecule is CNC(Cc1cn(C)nn1)c1ccc(F)c(F)c1F. The highest BCUT2D eigenvalue weighted by Crippen LogP contribution is 2.23. The lowest BCUT2D eigenvalue weighted by Crippen LogP contribution is -2.21. The largest absolute Gasteiger partial charge is 0.313 e. The van der Waals surface area contributed by atoms with Crippen molar-refractivity contribution in [1.29, 1.82) is 0 Å². The van der Waals surface area contributed by atoms with E-state index in [-0.39, 0.29) is 5.56 Å². The molecule has 0 aliphatic rings. The minimum atomic E-state index is -1.46. The number of hydrogen-bond acceptors (Lipinski definition) is 3. The van der Waals surface area contributed by atoms with Gasteiger partial charge in [-0.2, -0.15) is 0 Å². The van der Waals surface area contributed by atoms with Crippen molar-refractivity contribution in [3.05, 3.63) is 47.0 Å². The highest BCUT2D eigenvalue weighted by Gasteiger charge is 2.20. The molecule has 0 bridgehead atoms. The Morgan fingerprint density at radius 3 is 2.58 bits per heavy atom. The van der Waals surface area contributed by atoms with Gasteiger partial charge in [0.15, 0.2) is 17.5 Å². The molecular formula is C12H13F3N4. The Bertz CT molecular complexity index is 582. The van der Waals surface area contributed by atoms with Crippen molar-refractivity contribution in [3.63, 3.8) is 0 Å². The van der Waals surface area contributed by atoms with Crippen LogP contribution in [0.4, 0.5) is 13.2 Å². The van der Waals surface area contributed by atoms with Crippen LogP contribution in [0, 0.1) is 17.5 Å². The first-order valence-electron chi connectivity index (χ1n) is 5.68. The quantitative estimate of drug-likeness (QED) is 0.860. The number of halogens is 3. The van der Waals surface area contributed by atoms with Gasteiger partial charge in [-0.1, -0.05) is 11.3 Å². The summed E-state index contributed by atoms with van der Waals surface area (Å²) in [6.07, 6.45) is 2.01. The van der Waals surface area contributed by atoms with Crippen LogP contribution in [0.1, 0.15) is 17.3 Å². The van der Waals surface area contributed by atoms with Crippen LogP contribution in [0.2, 0.25) is 0 Å². The molecule has 1 heterocycles. The Morgan fingerprint density at radius 1 is 1.26 bits per heavy atom. The third kappa shape index (κ3) is 2.76. The molecule has 19 heavy (non-hydrogen) atoms. The van der Waals surface area contributed by atoms with Gasteiger partial charge in [-0.05, 0) is 13.1 Å². The molecule has 102 valence electrons. The number of aromatic nitrogens is 3. The van der Waals surface area contributed by atoms with Crippen LogP contribution in [0.25, 0.3) is 0 Å². The molecule has 2 rings (SSSR count). The minimum Gasteiger partial charge on any atom is -0.313 e. The number of likely N-dealkylation sites (N-methyl/N-ethyl adjacent to an activating group) is 1. The lowest BCUT2D eigenvalue weighted by atomic mass is 10.0. The van der Waals surface area contributed by atoms with Crippen LogP contribution >= 0.6 is 0 Å². The molecule has 0 saturated heterocycles. The number of hydrogen-bond donors (Lipinski definition) is 1. The zero-order valence-corrected chi connectivity index (χ0v) is 10.5. The van der Waals surface area contributed by atoms with Gasteiger partial charge in [0.05, 0.1) is 5.69 Å². The van der Waals surface area contributed by atoms with Gasteiger partial charge in [-0.15, -0.1) is 5.10 Å². The summed E-state index contributed by atoms with van der Waals surface area (Å²) in [5.41, 5.74) is 0.693. The second kappa shape index (κ2) is 5.40. The number of nitrogens with one attached hydrogen (secondary N) is 1. The van der Waals surface area contributed by atoms with Crippen LogP contribution < -0.4 is 5.32 Å². The molecule has 0 fully saturated rings. The highest BCUT2D eigenvalue weighted by molar-refractivity contribution is 5.24. The maximum Gasteiger partial charge on any atom is 0.194 e. The summed E-state index contributed by atoms with van der Waals surface area (Å²) >= 11 is 0. The summed E-state index contributed by atoms with van der Waals surface area (Å²) < 4.78 is 41.3. The Labute approximate surface area is 108 Å². The monoisotopic (exact) mass is 270 g/mol. The molecule has 2 aromatic rings. The van der Waals surface area contributed by atoms with Crippen LogP contribution in [0.15, 0.2) is 18.3 Å².